The van der Waals surface area contributed by atoms with Gasteiger partial charge in [0.15, 0.2) is 6.10 Å². The van der Waals surface area contributed by atoms with E-state index < -0.39 is 18.0 Å². The molecule has 0 fully saturated rings. The van der Waals surface area contributed by atoms with Crippen molar-refractivity contribution >= 4 is 29.3 Å². The van der Waals surface area contributed by atoms with Gasteiger partial charge in [-0.2, -0.15) is 0 Å². The monoisotopic (exact) mass is 378 g/mol. The third-order valence-electron chi connectivity index (χ3n) is 3.64. The van der Waals surface area contributed by atoms with Gasteiger partial charge in [-0.05, 0) is 43.3 Å². The molecule has 0 aliphatic carbocycles. The van der Waals surface area contributed by atoms with Crippen LogP contribution in [-0.4, -0.2) is 23.0 Å². The van der Waals surface area contributed by atoms with Gasteiger partial charge in [0, 0.05) is 16.8 Å². The number of carbonyl (C=O) groups is 2. The van der Waals surface area contributed by atoms with E-state index in [1.54, 1.807) is 30.5 Å². The minimum Gasteiger partial charge on any atom is -0.449 e. The van der Waals surface area contributed by atoms with E-state index in [0.29, 0.717) is 16.3 Å². The lowest BCUT2D eigenvalue weighted by molar-refractivity contribution is -0.123. The Morgan fingerprint density at radius 3 is 2.33 bits per heavy atom. The number of hydrogen-bond acceptors (Lipinski definition) is 5. The zero-order chi connectivity index (χ0) is 19.1. The fourth-order valence-corrected chi connectivity index (χ4v) is 3.16. The number of hydrogen-bond donors (Lipinski definition) is 1. The van der Waals surface area contributed by atoms with E-state index in [9.17, 15) is 9.59 Å². The molecule has 3 aromatic rings. The fraction of sp³-hybridized carbons (Fsp3) is 0.0952. The molecular formula is C21H18N2O3S. The molecule has 27 heavy (non-hydrogen) atoms. The molecule has 1 N–H and O–H groups in total. The molecule has 1 unspecified atom stereocenters. The van der Waals surface area contributed by atoms with Gasteiger partial charge in [0.05, 0.1) is 5.56 Å². The van der Waals surface area contributed by atoms with E-state index in [4.69, 9.17) is 4.74 Å². The summed E-state index contributed by atoms with van der Waals surface area (Å²) in [7, 11) is 0. The molecular weight excluding hydrogens is 360 g/mol. The van der Waals surface area contributed by atoms with Crippen LogP contribution < -0.4 is 5.32 Å². The third-order valence-corrected chi connectivity index (χ3v) is 4.67. The van der Waals surface area contributed by atoms with Crippen LogP contribution in [0.1, 0.15) is 17.3 Å². The maximum absolute atomic E-state index is 12.6. The summed E-state index contributed by atoms with van der Waals surface area (Å²) in [5, 5.41) is 3.25. The molecule has 0 bridgehead atoms. The Morgan fingerprint density at radius 1 is 0.963 bits per heavy atom. The molecule has 1 atom stereocenters. The van der Waals surface area contributed by atoms with Crippen molar-refractivity contribution in [2.75, 3.05) is 5.32 Å². The van der Waals surface area contributed by atoms with Gasteiger partial charge in [-0.1, -0.05) is 48.2 Å². The Kier molecular flexibility index (Phi) is 6.22. The van der Waals surface area contributed by atoms with Crippen LogP contribution in [0.2, 0.25) is 0 Å². The average molecular weight is 378 g/mol. The van der Waals surface area contributed by atoms with E-state index >= 15 is 0 Å². The van der Waals surface area contributed by atoms with Crippen LogP contribution in [0, 0.1) is 0 Å². The number of pyridine rings is 1. The van der Waals surface area contributed by atoms with Crippen LogP contribution in [-0.2, 0) is 9.53 Å². The molecule has 0 radical (unpaired) electrons. The van der Waals surface area contributed by atoms with Crippen molar-refractivity contribution in [1.29, 1.82) is 0 Å². The second-order valence-corrected chi connectivity index (χ2v) is 6.74. The summed E-state index contributed by atoms with van der Waals surface area (Å²) in [6, 6.07) is 21.9. The molecule has 0 spiro atoms. The SMILES string of the molecule is CC(OC(=O)c1cccnc1Sc1ccccc1)C(=O)Nc1ccccc1. The highest BCUT2D eigenvalue weighted by molar-refractivity contribution is 7.99. The number of ether oxygens (including phenoxy) is 1. The molecule has 0 aliphatic rings. The van der Waals surface area contributed by atoms with Crippen LogP contribution in [0.15, 0.2) is 88.9 Å². The van der Waals surface area contributed by atoms with Crippen molar-refractivity contribution in [3.05, 3.63) is 84.6 Å². The quantitative estimate of drug-likeness (QED) is 0.643. The molecule has 1 aromatic heterocycles. The fourth-order valence-electron chi connectivity index (χ4n) is 2.27. The lowest BCUT2D eigenvalue weighted by atomic mass is 10.2. The zero-order valence-electron chi connectivity index (χ0n) is 14.7. The molecule has 6 heteroatoms. The van der Waals surface area contributed by atoms with E-state index in [2.05, 4.69) is 10.3 Å². The Hall–Kier alpha value is -3.12. The molecule has 1 heterocycles. The van der Waals surface area contributed by atoms with Gasteiger partial charge < -0.3 is 10.1 Å². The standard InChI is InChI=1S/C21H18N2O3S/c1-15(19(24)23-16-9-4-2-5-10-16)26-21(25)18-13-8-14-22-20(18)27-17-11-6-3-7-12-17/h2-15H,1H3,(H,23,24). The number of esters is 1. The first-order valence-corrected chi connectivity index (χ1v) is 9.20. The first-order chi connectivity index (χ1) is 13.1. The topological polar surface area (TPSA) is 68.3 Å². The number of para-hydroxylation sites is 1. The van der Waals surface area contributed by atoms with Gasteiger partial charge in [0.2, 0.25) is 0 Å². The lowest BCUT2D eigenvalue weighted by Crippen LogP contribution is -2.30. The number of benzene rings is 2. The second kappa shape index (κ2) is 9.00. The number of nitrogens with one attached hydrogen (secondary N) is 1. The number of rotatable bonds is 6. The van der Waals surface area contributed by atoms with Crippen molar-refractivity contribution < 1.29 is 14.3 Å². The number of amides is 1. The Labute approximate surface area is 161 Å². The van der Waals surface area contributed by atoms with Crippen LogP contribution in [0.4, 0.5) is 5.69 Å². The van der Waals surface area contributed by atoms with Crippen molar-refractivity contribution in [2.45, 2.75) is 22.9 Å². The first kappa shape index (κ1) is 18.7. The van der Waals surface area contributed by atoms with Gasteiger partial charge in [-0.15, -0.1) is 0 Å². The molecule has 0 aliphatic heterocycles. The molecule has 0 saturated carbocycles. The average Bonchev–Trinajstić information content (AvgIpc) is 2.70. The summed E-state index contributed by atoms with van der Waals surface area (Å²) in [6.07, 6.45) is 0.681. The van der Waals surface area contributed by atoms with Crippen LogP contribution >= 0.6 is 11.8 Å². The molecule has 136 valence electrons. The number of aromatic nitrogens is 1. The minimum atomic E-state index is -0.938. The second-order valence-electron chi connectivity index (χ2n) is 5.67. The van der Waals surface area contributed by atoms with Gasteiger partial charge in [0.25, 0.3) is 5.91 Å². The van der Waals surface area contributed by atoms with Gasteiger partial charge in [-0.25, -0.2) is 9.78 Å². The minimum absolute atomic E-state index is 0.325. The predicted octanol–water partition coefficient (Wildman–Crippen LogP) is 4.42. The molecule has 3 rings (SSSR count). The summed E-state index contributed by atoms with van der Waals surface area (Å²) in [6.45, 7) is 1.54. The van der Waals surface area contributed by atoms with Gasteiger partial charge in [-0.3, -0.25) is 4.79 Å². The highest BCUT2D eigenvalue weighted by atomic mass is 32.2. The summed E-state index contributed by atoms with van der Waals surface area (Å²) in [5.41, 5.74) is 0.970. The molecule has 5 nitrogen and oxygen atoms in total. The third kappa shape index (κ3) is 5.18. The van der Waals surface area contributed by atoms with Gasteiger partial charge >= 0.3 is 5.97 Å². The van der Waals surface area contributed by atoms with Crippen LogP contribution in [0.3, 0.4) is 0 Å². The Morgan fingerprint density at radius 2 is 1.63 bits per heavy atom. The van der Waals surface area contributed by atoms with E-state index in [1.165, 1.54) is 18.7 Å². The van der Waals surface area contributed by atoms with Crippen molar-refractivity contribution in [1.82, 2.24) is 4.98 Å². The maximum Gasteiger partial charge on any atom is 0.341 e. The summed E-state index contributed by atoms with van der Waals surface area (Å²) >= 11 is 1.37. The normalized spacial score (nSPS) is 11.4. The Bertz CT molecular complexity index is 917. The molecule has 2 aromatic carbocycles. The molecule has 1 amide bonds. The number of anilines is 1. The highest BCUT2D eigenvalue weighted by Gasteiger charge is 2.21. The predicted molar refractivity (Wildman–Crippen MR) is 105 cm³/mol. The lowest BCUT2D eigenvalue weighted by Gasteiger charge is -2.14. The smallest absolute Gasteiger partial charge is 0.341 e. The largest absolute Gasteiger partial charge is 0.449 e. The number of carbonyl (C=O) groups excluding carboxylic acids is 2. The summed E-state index contributed by atoms with van der Waals surface area (Å²) in [5.74, 6) is -0.979. The van der Waals surface area contributed by atoms with E-state index in [0.717, 1.165) is 4.90 Å². The van der Waals surface area contributed by atoms with Crippen molar-refractivity contribution in [2.24, 2.45) is 0 Å². The van der Waals surface area contributed by atoms with Gasteiger partial charge in [0.1, 0.15) is 5.03 Å². The Balaban J connectivity index is 1.68. The maximum atomic E-state index is 12.6. The van der Waals surface area contributed by atoms with E-state index in [1.807, 2.05) is 48.5 Å². The zero-order valence-corrected chi connectivity index (χ0v) is 15.5. The highest BCUT2D eigenvalue weighted by Crippen LogP contribution is 2.28. The summed E-state index contributed by atoms with van der Waals surface area (Å²) < 4.78 is 5.34. The number of nitrogens with zero attached hydrogens (tertiary/aromatic N) is 1. The van der Waals surface area contributed by atoms with Crippen LogP contribution in [0.25, 0.3) is 0 Å². The van der Waals surface area contributed by atoms with Crippen LogP contribution in [0.5, 0.6) is 0 Å². The van der Waals surface area contributed by atoms with Crippen molar-refractivity contribution in [3.8, 4) is 0 Å². The first-order valence-electron chi connectivity index (χ1n) is 8.38. The summed E-state index contributed by atoms with van der Waals surface area (Å²) in [4.78, 5) is 30.0. The molecule has 0 saturated heterocycles. The van der Waals surface area contributed by atoms with Crippen molar-refractivity contribution in [3.63, 3.8) is 0 Å². The van der Waals surface area contributed by atoms with E-state index in [-0.39, 0.29) is 0 Å².